The minimum Gasteiger partial charge on any atom is -0.399 e. The standard InChI is InChI=1S/C14H18N4O3/c1-14(2)12(20)18(13(21)17-14)8-7-11(19)16-10-5-3-9(15)4-6-10/h3-6H,7-8,15H2,1-2H3,(H,16,19)(H,17,21). The Bertz CT molecular complexity index is 580. The molecule has 0 aliphatic carbocycles. The number of urea groups is 1. The number of rotatable bonds is 4. The lowest BCUT2D eigenvalue weighted by atomic mass is 10.1. The average Bonchev–Trinajstić information content (AvgIpc) is 2.59. The van der Waals surface area contributed by atoms with Gasteiger partial charge in [0.15, 0.2) is 0 Å². The van der Waals surface area contributed by atoms with Gasteiger partial charge in [-0.3, -0.25) is 14.5 Å². The van der Waals surface area contributed by atoms with Crippen molar-refractivity contribution >= 4 is 29.2 Å². The molecule has 4 amide bonds. The molecule has 0 saturated carbocycles. The van der Waals surface area contributed by atoms with E-state index >= 15 is 0 Å². The van der Waals surface area contributed by atoms with Crippen LogP contribution in [0.3, 0.4) is 0 Å². The Labute approximate surface area is 122 Å². The van der Waals surface area contributed by atoms with Crippen LogP contribution in [0.2, 0.25) is 0 Å². The van der Waals surface area contributed by atoms with Gasteiger partial charge in [0.25, 0.3) is 5.91 Å². The second-order valence-electron chi connectivity index (χ2n) is 5.43. The monoisotopic (exact) mass is 290 g/mol. The lowest BCUT2D eigenvalue weighted by Crippen LogP contribution is -2.40. The van der Waals surface area contributed by atoms with Crippen LogP contribution >= 0.6 is 0 Å². The fraction of sp³-hybridized carbons (Fsp3) is 0.357. The van der Waals surface area contributed by atoms with Gasteiger partial charge in [-0.25, -0.2) is 4.79 Å². The van der Waals surface area contributed by atoms with E-state index in [2.05, 4.69) is 10.6 Å². The molecule has 7 nitrogen and oxygen atoms in total. The molecule has 0 spiro atoms. The van der Waals surface area contributed by atoms with E-state index in [1.165, 1.54) is 0 Å². The lowest BCUT2D eigenvalue weighted by Gasteiger charge is -2.15. The molecule has 1 saturated heterocycles. The Kier molecular flexibility index (Phi) is 3.84. The van der Waals surface area contributed by atoms with Crippen molar-refractivity contribution in [2.45, 2.75) is 25.8 Å². The summed E-state index contributed by atoms with van der Waals surface area (Å²) in [5.74, 6) is -0.599. The molecule has 21 heavy (non-hydrogen) atoms. The number of benzene rings is 1. The molecule has 1 aliphatic rings. The maximum Gasteiger partial charge on any atom is 0.325 e. The predicted octanol–water partition coefficient (Wildman–Crippen LogP) is 0.928. The van der Waals surface area contributed by atoms with E-state index in [0.29, 0.717) is 11.4 Å². The number of nitrogen functional groups attached to an aromatic ring is 1. The van der Waals surface area contributed by atoms with Gasteiger partial charge in [0.2, 0.25) is 5.91 Å². The summed E-state index contributed by atoms with van der Waals surface area (Å²) >= 11 is 0. The third-order valence-electron chi connectivity index (χ3n) is 3.20. The third-order valence-corrected chi connectivity index (χ3v) is 3.20. The van der Waals surface area contributed by atoms with Crippen LogP contribution in [0.4, 0.5) is 16.2 Å². The van der Waals surface area contributed by atoms with E-state index in [1.54, 1.807) is 38.1 Å². The SMILES string of the molecule is CC1(C)NC(=O)N(CCC(=O)Nc2ccc(N)cc2)C1=O. The Morgan fingerprint density at radius 2 is 1.90 bits per heavy atom. The molecule has 0 radical (unpaired) electrons. The number of hydrogen-bond acceptors (Lipinski definition) is 4. The fourth-order valence-electron chi connectivity index (χ4n) is 2.02. The van der Waals surface area contributed by atoms with Crippen LogP contribution in [0.5, 0.6) is 0 Å². The molecule has 112 valence electrons. The number of amides is 4. The molecule has 2 rings (SSSR count). The van der Waals surface area contributed by atoms with E-state index in [4.69, 9.17) is 5.73 Å². The zero-order valence-electron chi connectivity index (χ0n) is 12.0. The molecule has 4 N–H and O–H groups in total. The largest absolute Gasteiger partial charge is 0.399 e. The van der Waals surface area contributed by atoms with Crippen molar-refractivity contribution in [2.75, 3.05) is 17.6 Å². The van der Waals surface area contributed by atoms with Gasteiger partial charge in [0.05, 0.1) is 0 Å². The smallest absolute Gasteiger partial charge is 0.325 e. The summed E-state index contributed by atoms with van der Waals surface area (Å²) in [7, 11) is 0. The predicted molar refractivity (Wildman–Crippen MR) is 78.4 cm³/mol. The van der Waals surface area contributed by atoms with E-state index in [0.717, 1.165) is 4.90 Å². The van der Waals surface area contributed by atoms with Crippen LogP contribution in [-0.2, 0) is 9.59 Å². The molecule has 1 aromatic rings. The minimum atomic E-state index is -0.912. The minimum absolute atomic E-state index is 0.0413. The van der Waals surface area contributed by atoms with Crippen LogP contribution in [0, 0.1) is 0 Å². The number of nitrogens with zero attached hydrogens (tertiary/aromatic N) is 1. The number of nitrogens with two attached hydrogens (primary N) is 1. The molecule has 0 bridgehead atoms. The first-order valence-corrected chi connectivity index (χ1v) is 6.59. The molecule has 1 aromatic carbocycles. The summed E-state index contributed by atoms with van der Waals surface area (Å²) < 4.78 is 0. The second-order valence-corrected chi connectivity index (χ2v) is 5.43. The van der Waals surface area contributed by atoms with Crippen molar-refractivity contribution in [1.82, 2.24) is 10.2 Å². The van der Waals surface area contributed by atoms with E-state index < -0.39 is 11.6 Å². The summed E-state index contributed by atoms with van der Waals surface area (Å²) in [4.78, 5) is 36.5. The van der Waals surface area contributed by atoms with Crippen LogP contribution < -0.4 is 16.4 Å². The first-order chi connectivity index (χ1) is 9.79. The van der Waals surface area contributed by atoms with Crippen LogP contribution in [0.25, 0.3) is 0 Å². The normalized spacial score (nSPS) is 16.8. The number of imide groups is 1. The van der Waals surface area contributed by atoms with Crippen molar-refractivity contribution in [3.63, 3.8) is 0 Å². The molecule has 0 atom stereocenters. The van der Waals surface area contributed by atoms with E-state index in [9.17, 15) is 14.4 Å². The highest BCUT2D eigenvalue weighted by Gasteiger charge is 2.43. The Hall–Kier alpha value is -2.57. The highest BCUT2D eigenvalue weighted by molar-refractivity contribution is 6.06. The molecular formula is C14H18N4O3. The first kappa shape index (κ1) is 14.8. The van der Waals surface area contributed by atoms with Crippen molar-refractivity contribution in [3.8, 4) is 0 Å². The number of nitrogens with one attached hydrogen (secondary N) is 2. The highest BCUT2D eigenvalue weighted by Crippen LogP contribution is 2.17. The summed E-state index contributed by atoms with van der Waals surface area (Å²) in [5, 5.41) is 5.24. The maximum absolute atomic E-state index is 11.9. The van der Waals surface area contributed by atoms with Crippen molar-refractivity contribution < 1.29 is 14.4 Å². The quantitative estimate of drug-likeness (QED) is 0.566. The molecule has 1 aliphatic heterocycles. The summed E-state index contributed by atoms with van der Waals surface area (Å²) in [6.45, 7) is 3.30. The number of hydrogen-bond donors (Lipinski definition) is 3. The van der Waals surface area contributed by atoms with E-state index in [1.807, 2.05) is 0 Å². The zero-order valence-corrected chi connectivity index (χ0v) is 12.0. The van der Waals surface area contributed by atoms with Gasteiger partial charge < -0.3 is 16.4 Å². The van der Waals surface area contributed by atoms with Gasteiger partial charge in [-0.2, -0.15) is 0 Å². The van der Waals surface area contributed by atoms with Crippen LogP contribution in [0.1, 0.15) is 20.3 Å². The summed E-state index contributed by atoms with van der Waals surface area (Å²) in [6.07, 6.45) is 0.0413. The zero-order chi connectivity index (χ0) is 15.6. The molecule has 7 heteroatoms. The number of carbonyl (C=O) groups excluding carboxylic acids is 3. The van der Waals surface area contributed by atoms with Gasteiger partial charge in [-0.1, -0.05) is 0 Å². The summed E-state index contributed by atoms with van der Waals surface area (Å²) in [6, 6.07) is 6.25. The third kappa shape index (κ3) is 3.31. The van der Waals surface area contributed by atoms with Gasteiger partial charge in [-0.05, 0) is 38.1 Å². The average molecular weight is 290 g/mol. The van der Waals surface area contributed by atoms with Gasteiger partial charge >= 0.3 is 6.03 Å². The van der Waals surface area contributed by atoms with Gasteiger partial charge in [0.1, 0.15) is 5.54 Å². The van der Waals surface area contributed by atoms with Crippen LogP contribution in [-0.4, -0.2) is 34.8 Å². The van der Waals surface area contributed by atoms with E-state index in [-0.39, 0.29) is 24.8 Å². The second kappa shape index (κ2) is 5.43. The Balaban J connectivity index is 1.88. The molecule has 0 aromatic heterocycles. The maximum atomic E-state index is 11.9. The molecule has 1 heterocycles. The number of carbonyl (C=O) groups is 3. The van der Waals surface area contributed by atoms with Crippen molar-refractivity contribution in [1.29, 1.82) is 0 Å². The lowest BCUT2D eigenvalue weighted by molar-refractivity contribution is -0.130. The van der Waals surface area contributed by atoms with Crippen molar-refractivity contribution in [3.05, 3.63) is 24.3 Å². The first-order valence-electron chi connectivity index (χ1n) is 6.59. The highest BCUT2D eigenvalue weighted by atomic mass is 16.2. The Morgan fingerprint density at radius 1 is 1.29 bits per heavy atom. The van der Waals surface area contributed by atoms with Gasteiger partial charge in [0, 0.05) is 24.3 Å². The molecule has 0 unspecified atom stereocenters. The number of anilines is 2. The fourth-order valence-corrected chi connectivity index (χ4v) is 2.02. The van der Waals surface area contributed by atoms with Gasteiger partial charge in [-0.15, -0.1) is 0 Å². The topological polar surface area (TPSA) is 105 Å². The summed E-state index contributed by atoms with van der Waals surface area (Å²) in [5.41, 5.74) is 5.86. The van der Waals surface area contributed by atoms with Crippen LogP contribution in [0.15, 0.2) is 24.3 Å². The molecule has 1 fully saturated rings. The molecular weight excluding hydrogens is 272 g/mol. The van der Waals surface area contributed by atoms with Crippen molar-refractivity contribution in [2.24, 2.45) is 0 Å². The Morgan fingerprint density at radius 3 is 2.43 bits per heavy atom.